The lowest BCUT2D eigenvalue weighted by Crippen LogP contribution is -2.47. The number of likely N-dealkylation sites (tertiary alicyclic amines) is 2. The Kier molecular flexibility index (Phi) is 7.48. The van der Waals surface area contributed by atoms with Gasteiger partial charge in [0.1, 0.15) is 18.1 Å². The molecule has 0 unspecified atom stereocenters. The van der Waals surface area contributed by atoms with Crippen molar-refractivity contribution in [1.29, 1.82) is 0 Å². The van der Waals surface area contributed by atoms with Crippen LogP contribution in [0.5, 0.6) is 11.5 Å². The van der Waals surface area contributed by atoms with E-state index in [1.165, 1.54) is 25.9 Å². The molecule has 0 aromatic heterocycles. The molecule has 1 atom stereocenters. The first kappa shape index (κ1) is 22.4. The largest absolute Gasteiger partial charge is 0.507 e. The molecule has 32 heavy (non-hydrogen) atoms. The summed E-state index contributed by atoms with van der Waals surface area (Å²) in [5.74, 6) is 0.861. The first-order chi connectivity index (χ1) is 15.7. The molecule has 1 N–H and O–H groups in total. The van der Waals surface area contributed by atoms with Gasteiger partial charge in [-0.15, -0.1) is 0 Å². The molecule has 2 fully saturated rings. The van der Waals surface area contributed by atoms with Gasteiger partial charge in [0.15, 0.2) is 0 Å². The molecule has 2 saturated heterocycles. The van der Waals surface area contributed by atoms with E-state index in [9.17, 15) is 9.90 Å². The Bertz CT molecular complexity index is 936. The third-order valence-corrected chi connectivity index (χ3v) is 6.71. The number of aromatic hydroxyl groups is 1. The van der Waals surface area contributed by atoms with Gasteiger partial charge in [0, 0.05) is 18.7 Å². The second kappa shape index (κ2) is 10.7. The van der Waals surface area contributed by atoms with Crippen molar-refractivity contribution in [3.05, 3.63) is 65.7 Å². The standard InChI is InChI=1S/C27H34N2O3/c1-2-23-25(30)13-9-14-26(23)32-20-22-11-5-6-18-29(22)27(31)24-12-4-3-10-21(24)15-19-28-16-7-8-17-28/h2-4,9-10,12-14,22,30H,1,5-8,11,15-20H2/t22-/m0/s1. The Morgan fingerprint density at radius 2 is 1.84 bits per heavy atom. The molecular formula is C27H34N2O3. The van der Waals surface area contributed by atoms with Crippen molar-refractivity contribution in [3.63, 3.8) is 0 Å². The summed E-state index contributed by atoms with van der Waals surface area (Å²) in [6, 6.07) is 13.3. The number of carbonyl (C=O) groups is 1. The van der Waals surface area contributed by atoms with Crippen LogP contribution in [0.4, 0.5) is 0 Å². The highest BCUT2D eigenvalue weighted by molar-refractivity contribution is 5.96. The average molecular weight is 435 g/mol. The summed E-state index contributed by atoms with van der Waals surface area (Å²) in [7, 11) is 0. The third-order valence-electron chi connectivity index (χ3n) is 6.71. The van der Waals surface area contributed by atoms with E-state index in [2.05, 4.69) is 17.5 Å². The number of hydrogen-bond acceptors (Lipinski definition) is 4. The van der Waals surface area contributed by atoms with Gasteiger partial charge in [-0.2, -0.15) is 0 Å². The van der Waals surface area contributed by atoms with Gasteiger partial charge >= 0.3 is 0 Å². The first-order valence-corrected chi connectivity index (χ1v) is 11.9. The lowest BCUT2D eigenvalue weighted by molar-refractivity contribution is 0.0527. The van der Waals surface area contributed by atoms with Gasteiger partial charge in [-0.05, 0) is 75.4 Å². The van der Waals surface area contributed by atoms with Crippen LogP contribution in [-0.4, -0.2) is 59.6 Å². The summed E-state index contributed by atoms with van der Waals surface area (Å²) < 4.78 is 6.08. The molecule has 5 heteroatoms. The molecule has 2 aliphatic rings. The van der Waals surface area contributed by atoms with Crippen LogP contribution in [0.2, 0.25) is 0 Å². The van der Waals surface area contributed by atoms with Gasteiger partial charge in [0.25, 0.3) is 5.91 Å². The van der Waals surface area contributed by atoms with Crippen LogP contribution in [0, 0.1) is 0 Å². The number of carbonyl (C=O) groups excluding carboxylic acids is 1. The molecule has 0 radical (unpaired) electrons. The molecule has 0 bridgehead atoms. The first-order valence-electron chi connectivity index (χ1n) is 11.9. The second-order valence-electron chi connectivity index (χ2n) is 8.81. The second-order valence-corrected chi connectivity index (χ2v) is 8.81. The number of piperidine rings is 1. The van der Waals surface area contributed by atoms with Crippen molar-refractivity contribution in [3.8, 4) is 11.5 Å². The Hall–Kier alpha value is -2.79. The van der Waals surface area contributed by atoms with E-state index >= 15 is 0 Å². The van der Waals surface area contributed by atoms with Gasteiger partial charge in [-0.1, -0.05) is 36.9 Å². The van der Waals surface area contributed by atoms with Crippen LogP contribution in [0.1, 0.15) is 53.6 Å². The number of benzene rings is 2. The van der Waals surface area contributed by atoms with E-state index in [-0.39, 0.29) is 17.7 Å². The topological polar surface area (TPSA) is 53.0 Å². The number of hydrogen-bond donors (Lipinski definition) is 1. The molecule has 2 aromatic rings. The smallest absolute Gasteiger partial charge is 0.254 e. The number of phenolic OH excluding ortho intramolecular Hbond substituents is 1. The van der Waals surface area contributed by atoms with Gasteiger partial charge in [-0.25, -0.2) is 0 Å². The van der Waals surface area contributed by atoms with Crippen LogP contribution in [-0.2, 0) is 6.42 Å². The molecule has 2 aliphatic heterocycles. The Labute approximate surface area is 191 Å². The highest BCUT2D eigenvalue weighted by atomic mass is 16.5. The summed E-state index contributed by atoms with van der Waals surface area (Å²) in [4.78, 5) is 18.1. The monoisotopic (exact) mass is 434 g/mol. The van der Waals surface area contributed by atoms with Crippen molar-refractivity contribution in [1.82, 2.24) is 9.80 Å². The zero-order chi connectivity index (χ0) is 22.3. The fourth-order valence-corrected chi connectivity index (χ4v) is 4.88. The third kappa shape index (κ3) is 5.16. The van der Waals surface area contributed by atoms with Crippen molar-refractivity contribution >= 4 is 12.0 Å². The van der Waals surface area contributed by atoms with Crippen molar-refractivity contribution in [2.45, 2.75) is 44.6 Å². The average Bonchev–Trinajstić information content (AvgIpc) is 3.35. The fraction of sp³-hybridized carbons (Fsp3) is 0.444. The minimum absolute atomic E-state index is 0.0166. The van der Waals surface area contributed by atoms with E-state index in [0.29, 0.717) is 17.9 Å². The van der Waals surface area contributed by atoms with Gasteiger partial charge in [0.05, 0.1) is 11.6 Å². The minimum atomic E-state index is 0.0166. The quantitative estimate of drug-likeness (QED) is 0.652. The van der Waals surface area contributed by atoms with Crippen molar-refractivity contribution in [2.75, 3.05) is 32.8 Å². The van der Waals surface area contributed by atoms with Crippen LogP contribution in [0.15, 0.2) is 49.0 Å². The summed E-state index contributed by atoms with van der Waals surface area (Å²) in [6.07, 6.45) is 8.09. The normalized spacial score (nSPS) is 19.1. The molecule has 5 nitrogen and oxygen atoms in total. The van der Waals surface area contributed by atoms with E-state index < -0.39 is 0 Å². The zero-order valence-corrected chi connectivity index (χ0v) is 18.8. The number of rotatable bonds is 8. The number of phenols is 1. The summed E-state index contributed by atoms with van der Waals surface area (Å²) in [5, 5.41) is 10.1. The molecule has 1 amide bonds. The SMILES string of the molecule is C=Cc1c(O)cccc1OC[C@@H]1CCCCN1C(=O)c1ccccc1CCN1CCCC1. The molecular weight excluding hydrogens is 400 g/mol. The number of ether oxygens (including phenoxy) is 1. The molecule has 170 valence electrons. The van der Waals surface area contributed by atoms with Crippen LogP contribution >= 0.6 is 0 Å². The predicted octanol–water partition coefficient (Wildman–Crippen LogP) is 4.75. The summed E-state index contributed by atoms with van der Waals surface area (Å²) in [5.41, 5.74) is 2.55. The predicted molar refractivity (Wildman–Crippen MR) is 128 cm³/mol. The molecule has 2 aromatic carbocycles. The maximum Gasteiger partial charge on any atom is 0.254 e. The van der Waals surface area contributed by atoms with Crippen LogP contribution < -0.4 is 4.74 Å². The van der Waals surface area contributed by atoms with Crippen LogP contribution in [0.25, 0.3) is 6.08 Å². The number of amides is 1. The maximum absolute atomic E-state index is 13.6. The molecule has 2 heterocycles. The molecule has 4 rings (SSSR count). The van der Waals surface area contributed by atoms with Crippen LogP contribution in [0.3, 0.4) is 0 Å². The Morgan fingerprint density at radius 1 is 1.06 bits per heavy atom. The molecule has 0 aliphatic carbocycles. The van der Waals surface area contributed by atoms with E-state index in [1.54, 1.807) is 18.2 Å². The lowest BCUT2D eigenvalue weighted by Gasteiger charge is -2.36. The van der Waals surface area contributed by atoms with Gasteiger partial charge in [-0.3, -0.25) is 4.79 Å². The van der Waals surface area contributed by atoms with E-state index in [0.717, 1.165) is 49.9 Å². The maximum atomic E-state index is 13.6. The minimum Gasteiger partial charge on any atom is -0.507 e. The van der Waals surface area contributed by atoms with Crippen molar-refractivity contribution < 1.29 is 14.6 Å². The lowest BCUT2D eigenvalue weighted by atomic mass is 9.98. The Morgan fingerprint density at radius 3 is 2.66 bits per heavy atom. The summed E-state index contributed by atoms with van der Waals surface area (Å²) >= 11 is 0. The summed E-state index contributed by atoms with van der Waals surface area (Å²) in [6.45, 7) is 8.29. The van der Waals surface area contributed by atoms with Gasteiger partial charge < -0.3 is 19.6 Å². The van der Waals surface area contributed by atoms with E-state index in [1.807, 2.05) is 29.2 Å². The fourth-order valence-electron chi connectivity index (χ4n) is 4.88. The molecule has 0 spiro atoms. The number of nitrogens with zero attached hydrogens (tertiary/aromatic N) is 2. The van der Waals surface area contributed by atoms with Gasteiger partial charge in [0.2, 0.25) is 0 Å². The highest BCUT2D eigenvalue weighted by Crippen LogP contribution is 2.30. The van der Waals surface area contributed by atoms with E-state index in [4.69, 9.17) is 4.74 Å². The Balaban J connectivity index is 1.46. The zero-order valence-electron chi connectivity index (χ0n) is 18.8. The highest BCUT2D eigenvalue weighted by Gasteiger charge is 2.29. The molecule has 0 saturated carbocycles. The van der Waals surface area contributed by atoms with Crippen molar-refractivity contribution in [2.24, 2.45) is 0 Å².